The number of aromatic nitrogens is 2. The number of hydrogen-bond acceptors (Lipinski definition) is 4. The van der Waals surface area contributed by atoms with Crippen LogP contribution in [0.5, 0.6) is 0 Å². The van der Waals surface area contributed by atoms with Crippen molar-refractivity contribution in [2.45, 2.75) is 29.8 Å². The van der Waals surface area contributed by atoms with Gasteiger partial charge in [-0.25, -0.2) is 4.79 Å². The molecule has 0 aliphatic carbocycles. The van der Waals surface area contributed by atoms with Gasteiger partial charge in [0.2, 0.25) is 0 Å². The standard InChI is InChI=1S/C18H22N4O2S/c1-25-15-4-2-3-14(11-15)20-17(23)22-8-6-18(7-9-22)16-13(5-10-24-18)12-19-21-16/h2-4,11-12H,5-10H2,1H3,(H,19,21)(H,20,23). The maximum absolute atomic E-state index is 12.6. The van der Waals surface area contributed by atoms with E-state index < -0.39 is 0 Å². The number of piperidine rings is 1. The molecule has 1 aromatic carbocycles. The summed E-state index contributed by atoms with van der Waals surface area (Å²) in [6.45, 7) is 2.07. The number of likely N-dealkylation sites (tertiary alicyclic amines) is 1. The minimum Gasteiger partial charge on any atom is -0.368 e. The summed E-state index contributed by atoms with van der Waals surface area (Å²) in [5.41, 5.74) is 2.88. The minimum absolute atomic E-state index is 0.0475. The van der Waals surface area contributed by atoms with E-state index in [1.165, 1.54) is 5.56 Å². The molecule has 6 nitrogen and oxygen atoms in total. The third-order valence-electron chi connectivity index (χ3n) is 5.10. The van der Waals surface area contributed by atoms with E-state index in [4.69, 9.17) is 4.74 Å². The van der Waals surface area contributed by atoms with E-state index in [-0.39, 0.29) is 11.6 Å². The van der Waals surface area contributed by atoms with Crippen molar-refractivity contribution in [3.63, 3.8) is 0 Å². The first kappa shape index (κ1) is 16.5. The number of ether oxygens (including phenoxy) is 1. The highest BCUT2D eigenvalue weighted by molar-refractivity contribution is 7.98. The van der Waals surface area contributed by atoms with Crippen molar-refractivity contribution in [3.8, 4) is 0 Å². The largest absolute Gasteiger partial charge is 0.368 e. The van der Waals surface area contributed by atoms with Crippen LogP contribution in [0.2, 0.25) is 0 Å². The first-order chi connectivity index (χ1) is 12.2. The number of nitrogens with zero attached hydrogens (tertiary/aromatic N) is 2. The zero-order valence-electron chi connectivity index (χ0n) is 14.2. The number of aromatic amines is 1. The van der Waals surface area contributed by atoms with E-state index in [9.17, 15) is 4.79 Å². The molecule has 2 aliphatic heterocycles. The van der Waals surface area contributed by atoms with Crippen LogP contribution in [-0.2, 0) is 16.8 Å². The van der Waals surface area contributed by atoms with Gasteiger partial charge in [0.05, 0.1) is 18.5 Å². The van der Waals surface area contributed by atoms with Crippen LogP contribution in [0.4, 0.5) is 10.5 Å². The van der Waals surface area contributed by atoms with Gasteiger partial charge in [0.1, 0.15) is 5.60 Å². The van der Waals surface area contributed by atoms with Crippen LogP contribution >= 0.6 is 11.8 Å². The van der Waals surface area contributed by atoms with E-state index in [1.54, 1.807) is 11.8 Å². The summed E-state index contributed by atoms with van der Waals surface area (Å²) in [6.07, 6.45) is 6.42. The van der Waals surface area contributed by atoms with Gasteiger partial charge in [-0.1, -0.05) is 6.07 Å². The Balaban J connectivity index is 1.41. The molecule has 2 amide bonds. The van der Waals surface area contributed by atoms with E-state index in [0.29, 0.717) is 13.1 Å². The number of thioether (sulfide) groups is 1. The number of fused-ring (bicyclic) bond motifs is 2. The molecule has 1 spiro atoms. The Morgan fingerprint density at radius 3 is 3.04 bits per heavy atom. The Bertz CT molecular complexity index is 768. The highest BCUT2D eigenvalue weighted by atomic mass is 32.2. The molecule has 0 unspecified atom stereocenters. The van der Waals surface area contributed by atoms with Crippen molar-refractivity contribution in [1.82, 2.24) is 15.1 Å². The lowest BCUT2D eigenvalue weighted by molar-refractivity contribution is -0.0948. The van der Waals surface area contributed by atoms with Gasteiger partial charge in [-0.05, 0) is 49.3 Å². The third kappa shape index (κ3) is 3.14. The summed E-state index contributed by atoms with van der Waals surface area (Å²) in [5, 5.41) is 10.3. The Morgan fingerprint density at radius 2 is 2.24 bits per heavy atom. The minimum atomic E-state index is -0.306. The molecular weight excluding hydrogens is 336 g/mol. The van der Waals surface area contributed by atoms with Crippen LogP contribution in [-0.4, -0.2) is 47.1 Å². The fourth-order valence-corrected chi connectivity index (χ4v) is 4.15. The molecule has 1 saturated heterocycles. The fourth-order valence-electron chi connectivity index (χ4n) is 3.69. The number of amides is 2. The molecule has 25 heavy (non-hydrogen) atoms. The van der Waals surface area contributed by atoms with Crippen LogP contribution in [0.25, 0.3) is 0 Å². The maximum Gasteiger partial charge on any atom is 0.321 e. The normalized spacial score (nSPS) is 18.8. The lowest BCUT2D eigenvalue weighted by atomic mass is 9.84. The SMILES string of the molecule is CSc1cccc(NC(=O)N2CCC3(CC2)OCCc2cn[nH]c23)c1. The van der Waals surface area contributed by atoms with Gasteiger partial charge in [0.25, 0.3) is 0 Å². The van der Waals surface area contributed by atoms with Crippen molar-refractivity contribution < 1.29 is 9.53 Å². The van der Waals surface area contributed by atoms with Gasteiger partial charge < -0.3 is 15.0 Å². The highest BCUT2D eigenvalue weighted by Gasteiger charge is 2.43. The zero-order chi connectivity index (χ0) is 17.3. The number of carbonyl (C=O) groups is 1. The van der Waals surface area contributed by atoms with Gasteiger partial charge >= 0.3 is 6.03 Å². The smallest absolute Gasteiger partial charge is 0.321 e. The molecule has 2 aromatic rings. The van der Waals surface area contributed by atoms with E-state index in [1.807, 2.05) is 41.6 Å². The second-order valence-corrected chi connectivity index (χ2v) is 7.39. The fraction of sp³-hybridized carbons (Fsp3) is 0.444. The summed E-state index contributed by atoms with van der Waals surface area (Å²) in [7, 11) is 0. The summed E-state index contributed by atoms with van der Waals surface area (Å²) in [4.78, 5) is 15.6. The molecule has 1 fully saturated rings. The first-order valence-corrected chi connectivity index (χ1v) is 9.79. The second kappa shape index (κ2) is 6.72. The number of H-pyrrole nitrogens is 1. The predicted molar refractivity (Wildman–Crippen MR) is 98.0 cm³/mol. The Labute approximate surface area is 151 Å². The Hall–Kier alpha value is -1.99. The summed E-state index contributed by atoms with van der Waals surface area (Å²) in [6, 6.07) is 7.86. The number of hydrogen-bond donors (Lipinski definition) is 2. The molecule has 2 N–H and O–H groups in total. The molecule has 0 radical (unpaired) electrons. The Morgan fingerprint density at radius 1 is 1.40 bits per heavy atom. The molecular formula is C18H22N4O2S. The van der Waals surface area contributed by atoms with Crippen LogP contribution in [0, 0.1) is 0 Å². The molecule has 3 heterocycles. The summed E-state index contributed by atoms with van der Waals surface area (Å²) in [5.74, 6) is 0. The van der Waals surface area contributed by atoms with Gasteiger partial charge in [0.15, 0.2) is 0 Å². The molecule has 4 rings (SSSR count). The molecule has 1 aromatic heterocycles. The van der Waals surface area contributed by atoms with Crippen LogP contribution in [0.15, 0.2) is 35.4 Å². The van der Waals surface area contributed by atoms with Crippen molar-refractivity contribution in [1.29, 1.82) is 0 Å². The average Bonchev–Trinajstić information content (AvgIpc) is 3.13. The van der Waals surface area contributed by atoms with Crippen molar-refractivity contribution >= 4 is 23.5 Å². The number of nitrogens with one attached hydrogen (secondary N) is 2. The Kier molecular flexibility index (Phi) is 4.43. The predicted octanol–water partition coefficient (Wildman–Crippen LogP) is 3.23. The monoisotopic (exact) mass is 358 g/mol. The number of rotatable bonds is 2. The third-order valence-corrected chi connectivity index (χ3v) is 5.83. The van der Waals surface area contributed by atoms with Crippen LogP contribution < -0.4 is 5.32 Å². The number of urea groups is 1. The van der Waals surface area contributed by atoms with E-state index in [2.05, 4.69) is 15.5 Å². The van der Waals surface area contributed by atoms with Crippen LogP contribution in [0.1, 0.15) is 24.1 Å². The van der Waals surface area contributed by atoms with E-state index >= 15 is 0 Å². The lowest BCUT2D eigenvalue weighted by Gasteiger charge is -2.43. The summed E-state index contributed by atoms with van der Waals surface area (Å²) >= 11 is 1.66. The zero-order valence-corrected chi connectivity index (χ0v) is 15.1. The average molecular weight is 358 g/mol. The molecule has 2 aliphatic rings. The number of benzene rings is 1. The molecule has 7 heteroatoms. The molecule has 0 bridgehead atoms. The first-order valence-electron chi connectivity index (χ1n) is 8.57. The molecule has 132 valence electrons. The molecule has 0 saturated carbocycles. The van der Waals surface area contributed by atoms with Crippen molar-refractivity contribution in [3.05, 3.63) is 41.7 Å². The number of carbonyl (C=O) groups excluding carboxylic acids is 1. The van der Waals surface area contributed by atoms with Gasteiger partial charge in [-0.2, -0.15) is 5.10 Å². The van der Waals surface area contributed by atoms with E-state index in [0.717, 1.165) is 42.1 Å². The van der Waals surface area contributed by atoms with Gasteiger partial charge in [-0.15, -0.1) is 11.8 Å². The second-order valence-electron chi connectivity index (χ2n) is 6.51. The van der Waals surface area contributed by atoms with Gasteiger partial charge in [-0.3, -0.25) is 5.10 Å². The lowest BCUT2D eigenvalue weighted by Crippen LogP contribution is -2.49. The van der Waals surface area contributed by atoms with Crippen LogP contribution in [0.3, 0.4) is 0 Å². The van der Waals surface area contributed by atoms with Gasteiger partial charge in [0, 0.05) is 23.7 Å². The maximum atomic E-state index is 12.6. The quantitative estimate of drug-likeness (QED) is 0.809. The van der Waals surface area contributed by atoms with Crippen molar-refractivity contribution in [2.75, 3.05) is 31.3 Å². The topological polar surface area (TPSA) is 70.2 Å². The highest BCUT2D eigenvalue weighted by Crippen LogP contribution is 2.40. The summed E-state index contributed by atoms with van der Waals surface area (Å²) < 4.78 is 6.14. The van der Waals surface area contributed by atoms with Crippen molar-refractivity contribution in [2.24, 2.45) is 0 Å². The molecule has 0 atom stereocenters. The number of anilines is 1.